The lowest BCUT2D eigenvalue weighted by Crippen LogP contribution is -2.35. The van der Waals surface area contributed by atoms with Crippen LogP contribution in [0.15, 0.2) is 41.8 Å². The van der Waals surface area contributed by atoms with Crippen LogP contribution in [0.4, 0.5) is 5.69 Å². The summed E-state index contributed by atoms with van der Waals surface area (Å²) >= 11 is 0. The molecule has 0 bridgehead atoms. The van der Waals surface area contributed by atoms with E-state index in [4.69, 9.17) is 0 Å². The van der Waals surface area contributed by atoms with Gasteiger partial charge in [0.2, 0.25) is 0 Å². The third-order valence-corrected chi connectivity index (χ3v) is 4.12. The van der Waals surface area contributed by atoms with Crippen molar-refractivity contribution in [1.29, 1.82) is 0 Å². The average Bonchev–Trinajstić information content (AvgIpc) is 2.62. The van der Waals surface area contributed by atoms with E-state index in [1.54, 1.807) is 6.08 Å². The zero-order valence-electron chi connectivity index (χ0n) is 9.20. The van der Waals surface area contributed by atoms with Crippen LogP contribution in [0.25, 0.3) is 0 Å². The second kappa shape index (κ2) is 4.29. The Kier molecular flexibility index (Phi) is 3.01. The van der Waals surface area contributed by atoms with Gasteiger partial charge in [0, 0.05) is 17.6 Å². The van der Waals surface area contributed by atoms with E-state index in [9.17, 15) is 8.42 Å². The topological polar surface area (TPSA) is 37.4 Å². The van der Waals surface area contributed by atoms with Crippen LogP contribution < -0.4 is 4.90 Å². The highest BCUT2D eigenvalue weighted by atomic mass is 32.2. The standard InChI is InChI=1S/C12H15NO2S/c1-2-13(11-6-4-3-5-7-11)12-8-9-16(14,15)10-12/h3-9,12H,2,10H2,1H3/t12-/m1/s1. The molecule has 1 atom stereocenters. The molecule has 1 aromatic carbocycles. The van der Waals surface area contributed by atoms with Crippen LogP contribution in [0, 0.1) is 0 Å². The van der Waals surface area contributed by atoms with Crippen molar-refractivity contribution in [3.63, 3.8) is 0 Å². The Labute approximate surface area is 96.3 Å². The molecule has 0 amide bonds. The number of benzene rings is 1. The zero-order chi connectivity index (χ0) is 11.6. The number of anilines is 1. The van der Waals surface area contributed by atoms with Crippen molar-refractivity contribution in [3.8, 4) is 0 Å². The number of nitrogens with zero attached hydrogens (tertiary/aromatic N) is 1. The quantitative estimate of drug-likeness (QED) is 0.804. The Morgan fingerprint density at radius 2 is 2.00 bits per heavy atom. The first kappa shape index (κ1) is 11.2. The summed E-state index contributed by atoms with van der Waals surface area (Å²) in [7, 11) is -2.98. The average molecular weight is 237 g/mol. The van der Waals surface area contributed by atoms with Crippen molar-refractivity contribution >= 4 is 15.5 Å². The van der Waals surface area contributed by atoms with Crippen LogP contribution in [0.3, 0.4) is 0 Å². The van der Waals surface area contributed by atoms with E-state index in [0.717, 1.165) is 12.2 Å². The van der Waals surface area contributed by atoms with Crippen molar-refractivity contribution in [2.75, 3.05) is 17.2 Å². The fourth-order valence-corrected chi connectivity index (χ4v) is 3.28. The summed E-state index contributed by atoms with van der Waals surface area (Å²) in [6.07, 6.45) is 1.77. The molecule has 16 heavy (non-hydrogen) atoms. The first-order valence-corrected chi connectivity index (χ1v) is 7.06. The SMILES string of the molecule is CCN(c1ccccc1)[C@@H]1C=CS(=O)(=O)C1. The highest BCUT2D eigenvalue weighted by Crippen LogP contribution is 2.21. The van der Waals surface area contributed by atoms with Crippen LogP contribution in [0.5, 0.6) is 0 Å². The summed E-state index contributed by atoms with van der Waals surface area (Å²) in [4.78, 5) is 2.10. The van der Waals surface area contributed by atoms with E-state index in [0.29, 0.717) is 0 Å². The minimum absolute atomic E-state index is 0.0302. The molecule has 0 aliphatic carbocycles. The third-order valence-electron chi connectivity index (χ3n) is 2.74. The van der Waals surface area contributed by atoms with E-state index in [2.05, 4.69) is 4.90 Å². The molecule has 0 spiro atoms. The molecule has 1 aliphatic rings. The molecule has 2 rings (SSSR count). The summed E-state index contributed by atoms with van der Waals surface area (Å²) in [5.74, 6) is 0.190. The van der Waals surface area contributed by atoms with Crippen molar-refractivity contribution in [3.05, 3.63) is 41.8 Å². The predicted molar refractivity (Wildman–Crippen MR) is 66.2 cm³/mol. The molecule has 0 saturated carbocycles. The summed E-state index contributed by atoms with van der Waals surface area (Å²) in [5.41, 5.74) is 1.07. The fourth-order valence-electron chi connectivity index (χ4n) is 1.98. The van der Waals surface area contributed by atoms with Crippen LogP contribution in [0.2, 0.25) is 0 Å². The van der Waals surface area contributed by atoms with Gasteiger partial charge in [0.05, 0.1) is 11.8 Å². The maximum absolute atomic E-state index is 11.4. The number of sulfone groups is 1. The Morgan fingerprint density at radius 3 is 2.50 bits per heavy atom. The summed E-state index contributed by atoms with van der Waals surface area (Å²) in [6, 6.07) is 9.86. The minimum atomic E-state index is -2.98. The maximum Gasteiger partial charge on any atom is 0.173 e. The number of para-hydroxylation sites is 1. The van der Waals surface area contributed by atoms with Gasteiger partial charge < -0.3 is 4.90 Å². The normalized spacial score (nSPS) is 22.2. The predicted octanol–water partition coefficient (Wildman–Crippen LogP) is 1.82. The second-order valence-electron chi connectivity index (χ2n) is 3.85. The second-order valence-corrected chi connectivity index (χ2v) is 5.78. The molecule has 0 saturated heterocycles. The van der Waals surface area contributed by atoms with Gasteiger partial charge in [0.15, 0.2) is 9.84 Å². The largest absolute Gasteiger partial charge is 0.364 e. The monoisotopic (exact) mass is 237 g/mol. The van der Waals surface area contributed by atoms with Gasteiger partial charge in [-0.1, -0.05) is 18.2 Å². The first-order chi connectivity index (χ1) is 7.62. The van der Waals surface area contributed by atoms with E-state index in [1.807, 2.05) is 37.3 Å². The highest BCUT2D eigenvalue weighted by molar-refractivity contribution is 7.94. The van der Waals surface area contributed by atoms with E-state index >= 15 is 0 Å². The summed E-state index contributed by atoms with van der Waals surface area (Å²) in [5, 5.41) is 1.32. The van der Waals surface area contributed by atoms with Crippen molar-refractivity contribution in [2.24, 2.45) is 0 Å². The van der Waals surface area contributed by atoms with Gasteiger partial charge in [-0.3, -0.25) is 0 Å². The molecule has 4 heteroatoms. The van der Waals surface area contributed by atoms with Crippen LogP contribution in [-0.2, 0) is 9.84 Å². The van der Waals surface area contributed by atoms with Gasteiger partial charge >= 0.3 is 0 Å². The zero-order valence-corrected chi connectivity index (χ0v) is 10.0. The molecule has 0 aromatic heterocycles. The van der Waals surface area contributed by atoms with Gasteiger partial charge in [0.1, 0.15) is 0 Å². The Morgan fingerprint density at radius 1 is 1.31 bits per heavy atom. The minimum Gasteiger partial charge on any atom is -0.364 e. The van der Waals surface area contributed by atoms with Crippen LogP contribution in [-0.4, -0.2) is 26.8 Å². The Balaban J connectivity index is 2.23. The molecule has 0 radical (unpaired) electrons. The van der Waals surface area contributed by atoms with Crippen molar-refractivity contribution in [1.82, 2.24) is 0 Å². The number of hydrogen-bond donors (Lipinski definition) is 0. The fraction of sp³-hybridized carbons (Fsp3) is 0.333. The van der Waals surface area contributed by atoms with Crippen molar-refractivity contribution in [2.45, 2.75) is 13.0 Å². The molecule has 1 heterocycles. The molecule has 0 fully saturated rings. The summed E-state index contributed by atoms with van der Waals surface area (Å²) in [6.45, 7) is 2.83. The molecule has 3 nitrogen and oxygen atoms in total. The van der Waals surface area contributed by atoms with Gasteiger partial charge in [-0.15, -0.1) is 0 Å². The Hall–Kier alpha value is -1.29. The van der Waals surface area contributed by atoms with Crippen LogP contribution in [0.1, 0.15) is 6.92 Å². The molecule has 0 N–H and O–H groups in total. The maximum atomic E-state index is 11.4. The lowest BCUT2D eigenvalue weighted by Gasteiger charge is -2.28. The van der Waals surface area contributed by atoms with Gasteiger partial charge in [0.25, 0.3) is 0 Å². The van der Waals surface area contributed by atoms with Crippen LogP contribution >= 0.6 is 0 Å². The molecule has 1 aliphatic heterocycles. The number of hydrogen-bond acceptors (Lipinski definition) is 3. The smallest absolute Gasteiger partial charge is 0.173 e. The molecule has 0 unspecified atom stereocenters. The van der Waals surface area contributed by atoms with Gasteiger partial charge in [-0.05, 0) is 25.1 Å². The molecule has 1 aromatic rings. The van der Waals surface area contributed by atoms with E-state index in [-0.39, 0.29) is 11.8 Å². The molecular formula is C12H15NO2S. The third kappa shape index (κ3) is 2.27. The lowest BCUT2D eigenvalue weighted by atomic mass is 10.2. The summed E-state index contributed by atoms with van der Waals surface area (Å²) < 4.78 is 22.8. The first-order valence-electron chi connectivity index (χ1n) is 5.35. The lowest BCUT2D eigenvalue weighted by molar-refractivity contribution is 0.602. The Bertz CT molecular complexity index is 479. The number of rotatable bonds is 3. The van der Waals surface area contributed by atoms with Gasteiger partial charge in [-0.25, -0.2) is 8.42 Å². The van der Waals surface area contributed by atoms with Gasteiger partial charge in [-0.2, -0.15) is 0 Å². The highest BCUT2D eigenvalue weighted by Gasteiger charge is 2.26. The molecular weight excluding hydrogens is 222 g/mol. The van der Waals surface area contributed by atoms with E-state index in [1.165, 1.54) is 5.41 Å². The van der Waals surface area contributed by atoms with Crippen molar-refractivity contribution < 1.29 is 8.42 Å². The number of likely N-dealkylation sites (N-methyl/N-ethyl adjacent to an activating group) is 1. The molecule has 86 valence electrons. The van der Waals surface area contributed by atoms with E-state index < -0.39 is 9.84 Å².